The van der Waals surface area contributed by atoms with E-state index in [2.05, 4.69) is 25.9 Å². The summed E-state index contributed by atoms with van der Waals surface area (Å²) in [5, 5.41) is 9.06. The van der Waals surface area contributed by atoms with Gasteiger partial charge >= 0.3 is 0 Å². The van der Waals surface area contributed by atoms with Crippen molar-refractivity contribution in [2.24, 2.45) is 11.7 Å². The van der Waals surface area contributed by atoms with Gasteiger partial charge in [-0.15, -0.1) is 0 Å². The SMILES string of the molecule is CCC(=O)Nc1cccc(Nc2ncc(C(N)=O)c(NCC3CC3)n2)c1. The van der Waals surface area contributed by atoms with Gasteiger partial charge in [-0.25, -0.2) is 4.98 Å². The van der Waals surface area contributed by atoms with Crippen molar-refractivity contribution in [3.63, 3.8) is 0 Å². The second-order valence-electron chi connectivity index (χ2n) is 6.25. The normalized spacial score (nSPS) is 13.1. The summed E-state index contributed by atoms with van der Waals surface area (Å²) in [6, 6.07) is 7.25. The van der Waals surface area contributed by atoms with Crippen LogP contribution in [-0.2, 0) is 4.79 Å². The largest absolute Gasteiger partial charge is 0.369 e. The maximum atomic E-state index is 11.6. The molecule has 1 aromatic heterocycles. The molecule has 0 radical (unpaired) electrons. The summed E-state index contributed by atoms with van der Waals surface area (Å²) in [6.45, 7) is 2.55. The highest BCUT2D eigenvalue weighted by Crippen LogP contribution is 2.29. The van der Waals surface area contributed by atoms with Crippen molar-refractivity contribution >= 4 is 35.0 Å². The van der Waals surface area contributed by atoms with Gasteiger partial charge in [-0.1, -0.05) is 13.0 Å². The Morgan fingerprint density at radius 1 is 1.27 bits per heavy atom. The molecule has 8 nitrogen and oxygen atoms in total. The molecule has 3 rings (SSSR count). The average molecular weight is 354 g/mol. The second-order valence-corrected chi connectivity index (χ2v) is 6.25. The molecule has 1 heterocycles. The van der Waals surface area contributed by atoms with E-state index in [1.807, 2.05) is 12.1 Å². The lowest BCUT2D eigenvalue weighted by Gasteiger charge is -2.12. The lowest BCUT2D eigenvalue weighted by Crippen LogP contribution is -2.18. The zero-order chi connectivity index (χ0) is 18.5. The topological polar surface area (TPSA) is 122 Å². The lowest BCUT2D eigenvalue weighted by molar-refractivity contribution is -0.115. The van der Waals surface area contributed by atoms with Crippen molar-refractivity contribution in [1.29, 1.82) is 0 Å². The summed E-state index contributed by atoms with van der Waals surface area (Å²) in [7, 11) is 0. The fraction of sp³-hybridized carbons (Fsp3) is 0.333. The summed E-state index contributed by atoms with van der Waals surface area (Å²) in [5.41, 5.74) is 7.07. The van der Waals surface area contributed by atoms with E-state index in [4.69, 9.17) is 5.73 Å². The molecule has 2 amide bonds. The summed E-state index contributed by atoms with van der Waals surface area (Å²) in [6.07, 6.45) is 4.19. The van der Waals surface area contributed by atoms with E-state index in [0.717, 1.165) is 12.2 Å². The zero-order valence-electron chi connectivity index (χ0n) is 14.6. The van der Waals surface area contributed by atoms with Crippen LogP contribution in [0.2, 0.25) is 0 Å². The summed E-state index contributed by atoms with van der Waals surface area (Å²) in [5.74, 6) is 0.764. The molecule has 136 valence electrons. The number of carbonyl (C=O) groups excluding carboxylic acids is 2. The first-order valence-corrected chi connectivity index (χ1v) is 8.62. The average Bonchev–Trinajstić information content (AvgIpc) is 3.44. The molecule has 0 unspecified atom stereocenters. The second kappa shape index (κ2) is 7.81. The molecule has 8 heteroatoms. The van der Waals surface area contributed by atoms with E-state index < -0.39 is 5.91 Å². The zero-order valence-corrected chi connectivity index (χ0v) is 14.6. The molecule has 0 atom stereocenters. The third-order valence-corrected chi connectivity index (χ3v) is 4.03. The number of rotatable bonds is 8. The molecule has 5 N–H and O–H groups in total. The number of hydrogen-bond donors (Lipinski definition) is 4. The van der Waals surface area contributed by atoms with Crippen molar-refractivity contribution in [3.05, 3.63) is 36.0 Å². The molecule has 0 aliphatic heterocycles. The van der Waals surface area contributed by atoms with Crippen LogP contribution in [0.3, 0.4) is 0 Å². The molecule has 0 bridgehead atoms. The first kappa shape index (κ1) is 17.7. The first-order valence-electron chi connectivity index (χ1n) is 8.62. The third kappa shape index (κ3) is 4.69. The number of nitrogens with one attached hydrogen (secondary N) is 3. The third-order valence-electron chi connectivity index (χ3n) is 4.03. The van der Waals surface area contributed by atoms with Crippen LogP contribution in [0.5, 0.6) is 0 Å². The number of primary amides is 1. The maximum Gasteiger partial charge on any atom is 0.254 e. The number of nitrogens with zero attached hydrogens (tertiary/aromatic N) is 2. The quantitative estimate of drug-likeness (QED) is 0.578. The summed E-state index contributed by atoms with van der Waals surface area (Å²) in [4.78, 5) is 31.6. The fourth-order valence-electron chi connectivity index (χ4n) is 2.37. The van der Waals surface area contributed by atoms with Crippen molar-refractivity contribution in [1.82, 2.24) is 9.97 Å². The number of amides is 2. The van der Waals surface area contributed by atoms with E-state index in [-0.39, 0.29) is 11.5 Å². The van der Waals surface area contributed by atoms with E-state index in [1.165, 1.54) is 19.0 Å². The molecule has 1 saturated carbocycles. The molecule has 1 fully saturated rings. The van der Waals surface area contributed by atoms with Crippen LogP contribution in [0.15, 0.2) is 30.5 Å². The van der Waals surface area contributed by atoms with Crippen LogP contribution in [0, 0.1) is 5.92 Å². The molecule has 2 aromatic rings. The molecular weight excluding hydrogens is 332 g/mol. The van der Waals surface area contributed by atoms with Gasteiger partial charge in [0.15, 0.2) is 0 Å². The van der Waals surface area contributed by atoms with Crippen molar-refractivity contribution in [3.8, 4) is 0 Å². The van der Waals surface area contributed by atoms with Crippen LogP contribution in [-0.4, -0.2) is 28.3 Å². The molecule has 0 saturated heterocycles. The Labute approximate surface area is 151 Å². The van der Waals surface area contributed by atoms with Gasteiger partial charge in [-0.2, -0.15) is 4.98 Å². The Morgan fingerprint density at radius 2 is 2.04 bits per heavy atom. The van der Waals surface area contributed by atoms with E-state index >= 15 is 0 Å². The minimum Gasteiger partial charge on any atom is -0.369 e. The summed E-state index contributed by atoms with van der Waals surface area (Å²) < 4.78 is 0. The molecular formula is C18H22N6O2. The van der Waals surface area contributed by atoms with Gasteiger partial charge in [0, 0.05) is 30.5 Å². The smallest absolute Gasteiger partial charge is 0.254 e. The van der Waals surface area contributed by atoms with Gasteiger partial charge in [-0.3, -0.25) is 9.59 Å². The molecule has 1 aliphatic carbocycles. The van der Waals surface area contributed by atoms with Gasteiger partial charge < -0.3 is 21.7 Å². The van der Waals surface area contributed by atoms with Gasteiger partial charge in [0.05, 0.1) is 5.56 Å². The van der Waals surface area contributed by atoms with E-state index in [1.54, 1.807) is 19.1 Å². The molecule has 1 aliphatic rings. The van der Waals surface area contributed by atoms with Crippen LogP contribution in [0.4, 0.5) is 23.1 Å². The predicted octanol–water partition coefficient (Wildman–Crippen LogP) is 2.49. The minimum atomic E-state index is -0.570. The highest BCUT2D eigenvalue weighted by molar-refractivity contribution is 5.97. The fourth-order valence-corrected chi connectivity index (χ4v) is 2.37. The van der Waals surface area contributed by atoms with E-state index in [0.29, 0.717) is 29.8 Å². The van der Waals surface area contributed by atoms with Crippen molar-refractivity contribution < 1.29 is 9.59 Å². The predicted molar refractivity (Wildman–Crippen MR) is 100 cm³/mol. The molecule has 0 spiro atoms. The van der Waals surface area contributed by atoms with Gasteiger partial charge in [0.2, 0.25) is 11.9 Å². The van der Waals surface area contributed by atoms with Gasteiger partial charge in [-0.05, 0) is 37.0 Å². The van der Waals surface area contributed by atoms with Crippen molar-refractivity contribution in [2.75, 3.05) is 22.5 Å². The Morgan fingerprint density at radius 3 is 2.73 bits per heavy atom. The molecule has 1 aromatic carbocycles. The van der Waals surface area contributed by atoms with Gasteiger partial charge in [0.1, 0.15) is 5.82 Å². The summed E-state index contributed by atoms with van der Waals surface area (Å²) >= 11 is 0. The lowest BCUT2D eigenvalue weighted by atomic mass is 10.2. The number of nitrogens with two attached hydrogens (primary N) is 1. The Bertz CT molecular complexity index is 819. The number of hydrogen-bond acceptors (Lipinski definition) is 6. The van der Waals surface area contributed by atoms with Crippen LogP contribution in [0.1, 0.15) is 36.5 Å². The van der Waals surface area contributed by atoms with E-state index in [9.17, 15) is 9.59 Å². The highest BCUT2D eigenvalue weighted by Gasteiger charge is 2.22. The molecule has 26 heavy (non-hydrogen) atoms. The maximum absolute atomic E-state index is 11.6. The monoisotopic (exact) mass is 354 g/mol. The Kier molecular flexibility index (Phi) is 5.31. The minimum absolute atomic E-state index is 0.0595. The number of aromatic nitrogens is 2. The number of carbonyl (C=O) groups is 2. The van der Waals surface area contributed by atoms with Crippen LogP contribution in [0.25, 0.3) is 0 Å². The number of anilines is 4. The van der Waals surface area contributed by atoms with Crippen LogP contribution >= 0.6 is 0 Å². The van der Waals surface area contributed by atoms with Crippen molar-refractivity contribution in [2.45, 2.75) is 26.2 Å². The number of benzene rings is 1. The Balaban J connectivity index is 1.76. The van der Waals surface area contributed by atoms with Crippen LogP contribution < -0.4 is 21.7 Å². The highest BCUT2D eigenvalue weighted by atomic mass is 16.1. The standard InChI is InChI=1S/C18H22N6O2/c1-2-15(25)22-12-4-3-5-13(8-12)23-18-21-10-14(16(19)26)17(24-18)20-9-11-6-7-11/h3-5,8,10-11H,2,6-7,9H2,1H3,(H2,19,26)(H,22,25)(H2,20,21,23,24). The Hall–Kier alpha value is -3.16. The van der Waals surface area contributed by atoms with Gasteiger partial charge in [0.25, 0.3) is 5.91 Å². The first-order chi connectivity index (χ1) is 12.5.